The number of aromatic nitrogens is 2. The minimum Gasteiger partial charge on any atom is -0.350 e. The number of carbonyl (C=O) groups is 2. The van der Waals surface area contributed by atoms with Crippen molar-refractivity contribution in [2.45, 2.75) is 25.8 Å². The van der Waals surface area contributed by atoms with Crippen molar-refractivity contribution in [3.8, 4) is 0 Å². The number of nitrogens with zero attached hydrogens (tertiary/aromatic N) is 3. The number of piperidine rings is 1. The molecule has 0 radical (unpaired) electrons. The maximum atomic E-state index is 14.0. The Morgan fingerprint density at radius 1 is 1.19 bits per heavy atom. The molecular weight excluding hydrogens is 436 g/mol. The van der Waals surface area contributed by atoms with Gasteiger partial charge in [-0.1, -0.05) is 11.3 Å². The monoisotopic (exact) mass is 459 g/mol. The van der Waals surface area contributed by atoms with E-state index in [2.05, 4.69) is 27.2 Å². The number of fused-ring (bicyclic) bond motifs is 2. The molecule has 2 aliphatic heterocycles. The summed E-state index contributed by atoms with van der Waals surface area (Å²) < 4.78 is 27.5. The van der Waals surface area contributed by atoms with Crippen LogP contribution in [-0.2, 0) is 17.8 Å². The molecule has 0 saturated carbocycles. The summed E-state index contributed by atoms with van der Waals surface area (Å²) >= 11 is 1.39. The number of hydrogen-bond acceptors (Lipinski definition) is 5. The Kier molecular flexibility index (Phi) is 5.42. The lowest BCUT2D eigenvalue weighted by molar-refractivity contribution is -0.121. The van der Waals surface area contributed by atoms with Crippen LogP contribution in [0.15, 0.2) is 18.2 Å². The molecule has 2 N–H and O–H groups in total. The largest absolute Gasteiger partial charge is 0.350 e. The predicted molar refractivity (Wildman–Crippen MR) is 118 cm³/mol. The number of anilines is 1. The van der Waals surface area contributed by atoms with Crippen LogP contribution < -0.4 is 5.32 Å². The number of aromatic amines is 1. The van der Waals surface area contributed by atoms with E-state index in [9.17, 15) is 18.4 Å². The SMILES string of the molecule is CN1CCC(C(=O)Nc2nc3c(s2)CN(C(=O)c2cc4c(F)cc(F)cc4[nH]2)CC3)CC1. The van der Waals surface area contributed by atoms with Gasteiger partial charge in [0.1, 0.15) is 17.3 Å². The molecule has 0 bridgehead atoms. The molecule has 4 heterocycles. The van der Waals surface area contributed by atoms with Gasteiger partial charge in [-0.05, 0) is 45.1 Å². The second-order valence-corrected chi connectivity index (χ2v) is 9.55. The fraction of sp³-hybridized carbons (Fsp3) is 0.409. The van der Waals surface area contributed by atoms with Gasteiger partial charge in [0.15, 0.2) is 5.13 Å². The van der Waals surface area contributed by atoms with Gasteiger partial charge in [0.2, 0.25) is 5.91 Å². The number of benzene rings is 1. The van der Waals surface area contributed by atoms with E-state index in [4.69, 9.17) is 0 Å². The zero-order valence-electron chi connectivity index (χ0n) is 17.6. The Hall–Kier alpha value is -2.85. The van der Waals surface area contributed by atoms with Crippen molar-refractivity contribution in [1.29, 1.82) is 0 Å². The standard InChI is InChI=1S/C22H23F2N5O2S/c1-28-5-2-12(3-6-28)20(30)27-22-26-16-4-7-29(11-19(16)32-22)21(31)18-10-14-15(24)8-13(23)9-17(14)25-18/h8-10,12,25H,2-7,11H2,1H3,(H,26,27,30). The average molecular weight is 460 g/mol. The van der Waals surface area contributed by atoms with Crippen LogP contribution >= 0.6 is 11.3 Å². The maximum absolute atomic E-state index is 14.0. The Morgan fingerprint density at radius 3 is 2.75 bits per heavy atom. The number of halogens is 2. The third-order valence-corrected chi connectivity index (χ3v) is 7.22. The summed E-state index contributed by atoms with van der Waals surface area (Å²) in [6, 6.07) is 3.39. The van der Waals surface area contributed by atoms with E-state index in [1.165, 1.54) is 23.5 Å². The van der Waals surface area contributed by atoms with Gasteiger partial charge in [0.05, 0.1) is 17.8 Å². The van der Waals surface area contributed by atoms with Gasteiger partial charge in [-0.25, -0.2) is 13.8 Å². The highest BCUT2D eigenvalue weighted by Gasteiger charge is 2.28. The summed E-state index contributed by atoms with van der Waals surface area (Å²) in [5, 5.41) is 3.70. The molecule has 32 heavy (non-hydrogen) atoms. The van der Waals surface area contributed by atoms with Gasteiger partial charge in [0.25, 0.3) is 5.91 Å². The van der Waals surface area contributed by atoms with Crippen LogP contribution in [0.5, 0.6) is 0 Å². The number of amides is 2. The van der Waals surface area contributed by atoms with E-state index in [0.29, 0.717) is 24.6 Å². The van der Waals surface area contributed by atoms with Crippen molar-refractivity contribution in [2.24, 2.45) is 5.92 Å². The van der Waals surface area contributed by atoms with Crippen LogP contribution in [0.25, 0.3) is 10.9 Å². The fourth-order valence-electron chi connectivity index (χ4n) is 4.35. The van der Waals surface area contributed by atoms with Gasteiger partial charge in [-0.15, -0.1) is 0 Å². The third-order valence-electron chi connectivity index (χ3n) is 6.22. The van der Waals surface area contributed by atoms with Gasteiger partial charge < -0.3 is 20.1 Å². The van der Waals surface area contributed by atoms with Crippen LogP contribution in [0.1, 0.15) is 33.9 Å². The van der Waals surface area contributed by atoms with Crippen molar-refractivity contribution >= 4 is 39.2 Å². The summed E-state index contributed by atoms with van der Waals surface area (Å²) in [6.45, 7) is 2.65. The van der Waals surface area contributed by atoms with E-state index in [0.717, 1.165) is 42.6 Å². The maximum Gasteiger partial charge on any atom is 0.270 e. The molecule has 0 spiro atoms. The highest BCUT2D eigenvalue weighted by Crippen LogP contribution is 2.30. The van der Waals surface area contributed by atoms with Crippen LogP contribution in [-0.4, -0.2) is 58.3 Å². The lowest BCUT2D eigenvalue weighted by Gasteiger charge is -2.27. The van der Waals surface area contributed by atoms with Crippen molar-refractivity contribution in [3.63, 3.8) is 0 Å². The van der Waals surface area contributed by atoms with Gasteiger partial charge in [-0.2, -0.15) is 0 Å². The summed E-state index contributed by atoms with van der Waals surface area (Å²) in [5.74, 6) is -1.68. The number of rotatable bonds is 3. The summed E-state index contributed by atoms with van der Waals surface area (Å²) in [7, 11) is 2.06. The molecule has 2 aromatic heterocycles. The molecule has 0 aliphatic carbocycles. The van der Waals surface area contributed by atoms with Gasteiger partial charge in [-0.3, -0.25) is 9.59 Å². The number of thiazole rings is 1. The van der Waals surface area contributed by atoms with Crippen LogP contribution in [0, 0.1) is 17.6 Å². The zero-order valence-corrected chi connectivity index (χ0v) is 18.4. The topological polar surface area (TPSA) is 81.3 Å². The van der Waals surface area contributed by atoms with E-state index in [1.807, 2.05) is 0 Å². The molecule has 0 atom stereocenters. The Labute approximate surface area is 187 Å². The average Bonchev–Trinajstić information content (AvgIpc) is 3.36. The van der Waals surface area contributed by atoms with Crippen LogP contribution in [0.3, 0.4) is 0 Å². The molecule has 10 heteroatoms. The third kappa shape index (κ3) is 4.00. The first-order valence-corrected chi connectivity index (χ1v) is 11.4. The predicted octanol–water partition coefficient (Wildman–Crippen LogP) is 3.38. The number of hydrogen-bond donors (Lipinski definition) is 2. The molecule has 3 aromatic rings. The molecule has 5 rings (SSSR count). The molecule has 168 valence electrons. The minimum absolute atomic E-state index is 0.00236. The molecule has 7 nitrogen and oxygen atoms in total. The van der Waals surface area contributed by atoms with Crippen molar-refractivity contribution < 1.29 is 18.4 Å². The molecule has 1 fully saturated rings. The van der Waals surface area contributed by atoms with E-state index >= 15 is 0 Å². The second kappa shape index (κ2) is 8.25. The normalized spacial score (nSPS) is 17.5. The second-order valence-electron chi connectivity index (χ2n) is 8.46. The molecule has 1 aromatic carbocycles. The van der Waals surface area contributed by atoms with Crippen molar-refractivity contribution in [3.05, 3.63) is 46.1 Å². The quantitative estimate of drug-likeness (QED) is 0.629. The smallest absolute Gasteiger partial charge is 0.270 e. The highest BCUT2D eigenvalue weighted by atomic mass is 32.1. The number of carbonyl (C=O) groups excluding carboxylic acids is 2. The van der Waals surface area contributed by atoms with Crippen LogP contribution in [0.2, 0.25) is 0 Å². The Balaban J connectivity index is 1.28. The first-order valence-electron chi connectivity index (χ1n) is 10.6. The van der Waals surface area contributed by atoms with E-state index in [1.54, 1.807) is 4.90 Å². The first kappa shape index (κ1) is 21.0. The molecule has 2 amide bonds. The minimum atomic E-state index is -0.705. The van der Waals surface area contributed by atoms with Crippen molar-refractivity contribution in [1.82, 2.24) is 19.8 Å². The molecule has 0 unspecified atom stereocenters. The highest BCUT2D eigenvalue weighted by molar-refractivity contribution is 7.15. The summed E-state index contributed by atoms with van der Waals surface area (Å²) in [5.41, 5.74) is 1.36. The molecular formula is C22H23F2N5O2S. The number of H-pyrrole nitrogens is 1. The number of likely N-dealkylation sites (tertiary alicyclic amines) is 1. The van der Waals surface area contributed by atoms with Crippen molar-refractivity contribution in [2.75, 3.05) is 32.0 Å². The lowest BCUT2D eigenvalue weighted by atomic mass is 9.96. The Bertz CT molecular complexity index is 1200. The summed E-state index contributed by atoms with van der Waals surface area (Å²) in [4.78, 5) is 37.8. The molecule has 1 saturated heterocycles. The van der Waals surface area contributed by atoms with E-state index in [-0.39, 0.29) is 34.3 Å². The van der Waals surface area contributed by atoms with E-state index < -0.39 is 11.6 Å². The first-order chi connectivity index (χ1) is 15.4. The van der Waals surface area contributed by atoms with Crippen LogP contribution in [0.4, 0.5) is 13.9 Å². The lowest BCUT2D eigenvalue weighted by Crippen LogP contribution is -2.36. The zero-order chi connectivity index (χ0) is 22.4. The fourth-order valence-corrected chi connectivity index (χ4v) is 5.37. The summed E-state index contributed by atoms with van der Waals surface area (Å²) in [6.07, 6.45) is 2.25. The van der Waals surface area contributed by atoms with Gasteiger partial charge in [0, 0.05) is 35.2 Å². The Morgan fingerprint density at radius 2 is 1.97 bits per heavy atom. The molecule has 2 aliphatic rings. The number of nitrogens with one attached hydrogen (secondary N) is 2. The van der Waals surface area contributed by atoms with Gasteiger partial charge >= 0.3 is 0 Å².